The second-order valence-electron chi connectivity index (χ2n) is 7.04. The third-order valence-corrected chi connectivity index (χ3v) is 4.85. The molecule has 3 nitrogen and oxygen atoms in total. The van der Waals surface area contributed by atoms with E-state index in [4.69, 9.17) is 0 Å². The van der Waals surface area contributed by atoms with Crippen LogP contribution >= 0.6 is 0 Å². The number of hydrogen-bond acceptors (Lipinski definition) is 3. The molecule has 0 saturated heterocycles. The molecule has 120 valence electrons. The van der Waals surface area contributed by atoms with Crippen molar-refractivity contribution in [3.05, 3.63) is 0 Å². The zero-order chi connectivity index (χ0) is 15.0. The van der Waals surface area contributed by atoms with Gasteiger partial charge in [-0.15, -0.1) is 0 Å². The summed E-state index contributed by atoms with van der Waals surface area (Å²) in [5, 5.41) is 3.56. The van der Waals surface area contributed by atoms with Gasteiger partial charge in [0.15, 0.2) is 0 Å². The van der Waals surface area contributed by atoms with Gasteiger partial charge in [-0.3, -0.25) is 0 Å². The number of hydrogen-bond donors (Lipinski definition) is 1. The molecule has 0 spiro atoms. The van der Waals surface area contributed by atoms with Gasteiger partial charge in [-0.25, -0.2) is 0 Å². The lowest BCUT2D eigenvalue weighted by Crippen LogP contribution is -2.44. The third-order valence-electron chi connectivity index (χ3n) is 4.85. The molecule has 0 heterocycles. The molecule has 0 aromatic heterocycles. The van der Waals surface area contributed by atoms with E-state index in [9.17, 15) is 0 Å². The number of rotatable bonds is 9. The normalized spacial score (nSPS) is 27.4. The summed E-state index contributed by atoms with van der Waals surface area (Å²) < 4.78 is 0. The van der Waals surface area contributed by atoms with Gasteiger partial charge in [0.2, 0.25) is 0 Å². The molecule has 0 bridgehead atoms. The first-order valence-corrected chi connectivity index (χ1v) is 8.57. The quantitative estimate of drug-likeness (QED) is 0.702. The van der Waals surface area contributed by atoms with E-state index in [0.717, 1.165) is 17.9 Å². The lowest BCUT2D eigenvalue weighted by Gasteiger charge is -2.38. The van der Waals surface area contributed by atoms with Crippen LogP contribution in [-0.2, 0) is 0 Å². The standard InChI is InChI=1S/C17H37N3/c1-6-8-15-9-10-17(18-2)16(13-15)14-20(5)12-7-11-19(3)4/h15-18H,6-14H2,1-5H3. The fourth-order valence-electron chi connectivity index (χ4n) is 3.76. The minimum Gasteiger partial charge on any atom is -0.317 e. The van der Waals surface area contributed by atoms with Crippen LogP contribution in [-0.4, -0.2) is 63.7 Å². The molecule has 1 aliphatic carbocycles. The molecule has 1 fully saturated rings. The average Bonchev–Trinajstić information content (AvgIpc) is 2.39. The molecule has 0 aromatic carbocycles. The van der Waals surface area contributed by atoms with Crippen LogP contribution in [0.1, 0.15) is 45.4 Å². The van der Waals surface area contributed by atoms with Crippen LogP contribution < -0.4 is 5.32 Å². The van der Waals surface area contributed by atoms with Crippen LogP contribution in [0, 0.1) is 11.8 Å². The van der Waals surface area contributed by atoms with Crippen molar-refractivity contribution < 1.29 is 0 Å². The van der Waals surface area contributed by atoms with Crippen LogP contribution in [0.4, 0.5) is 0 Å². The molecule has 1 rings (SSSR count). The van der Waals surface area contributed by atoms with Crippen LogP contribution in [0.2, 0.25) is 0 Å². The third kappa shape index (κ3) is 6.55. The summed E-state index contributed by atoms with van der Waals surface area (Å²) in [4.78, 5) is 4.83. The van der Waals surface area contributed by atoms with Crippen molar-refractivity contribution >= 4 is 0 Å². The summed E-state index contributed by atoms with van der Waals surface area (Å²) in [5.41, 5.74) is 0. The molecule has 0 amide bonds. The van der Waals surface area contributed by atoms with Gasteiger partial charge < -0.3 is 15.1 Å². The lowest BCUT2D eigenvalue weighted by molar-refractivity contribution is 0.151. The maximum Gasteiger partial charge on any atom is 0.0105 e. The Morgan fingerprint density at radius 1 is 1.10 bits per heavy atom. The van der Waals surface area contributed by atoms with E-state index in [2.05, 4.69) is 50.2 Å². The van der Waals surface area contributed by atoms with Crippen molar-refractivity contribution in [3.8, 4) is 0 Å². The summed E-state index contributed by atoms with van der Waals surface area (Å²) in [6.07, 6.45) is 8.28. The molecule has 3 unspecified atom stereocenters. The van der Waals surface area contributed by atoms with Gasteiger partial charge in [0.25, 0.3) is 0 Å². The molecule has 1 N–H and O–H groups in total. The molecule has 3 atom stereocenters. The molecule has 1 saturated carbocycles. The Labute approximate surface area is 127 Å². The van der Waals surface area contributed by atoms with Crippen molar-refractivity contribution in [2.45, 2.75) is 51.5 Å². The highest BCUT2D eigenvalue weighted by molar-refractivity contribution is 4.85. The van der Waals surface area contributed by atoms with Crippen molar-refractivity contribution in [2.24, 2.45) is 11.8 Å². The zero-order valence-electron chi connectivity index (χ0n) is 14.5. The van der Waals surface area contributed by atoms with Gasteiger partial charge in [-0.05, 0) is 78.8 Å². The predicted molar refractivity (Wildman–Crippen MR) is 89.3 cm³/mol. The first kappa shape index (κ1) is 17.9. The Kier molecular flexibility index (Phi) is 8.74. The summed E-state index contributed by atoms with van der Waals surface area (Å²) in [5.74, 6) is 1.82. The maximum absolute atomic E-state index is 3.56. The molecule has 0 radical (unpaired) electrons. The monoisotopic (exact) mass is 283 g/mol. The second-order valence-corrected chi connectivity index (χ2v) is 7.04. The Bertz CT molecular complexity index is 242. The SMILES string of the molecule is CCCC1CCC(NC)C(CN(C)CCCN(C)C)C1. The van der Waals surface area contributed by atoms with E-state index in [-0.39, 0.29) is 0 Å². The van der Waals surface area contributed by atoms with Crippen LogP contribution in [0.3, 0.4) is 0 Å². The largest absolute Gasteiger partial charge is 0.317 e. The van der Waals surface area contributed by atoms with Gasteiger partial charge in [-0.2, -0.15) is 0 Å². The molecule has 0 aliphatic heterocycles. The highest BCUT2D eigenvalue weighted by Gasteiger charge is 2.29. The van der Waals surface area contributed by atoms with Crippen molar-refractivity contribution in [3.63, 3.8) is 0 Å². The average molecular weight is 284 g/mol. The van der Waals surface area contributed by atoms with Gasteiger partial charge in [-0.1, -0.05) is 19.8 Å². The topological polar surface area (TPSA) is 18.5 Å². The minimum absolute atomic E-state index is 0.736. The predicted octanol–water partition coefficient (Wildman–Crippen LogP) is 2.67. The van der Waals surface area contributed by atoms with Crippen LogP contribution in [0.25, 0.3) is 0 Å². The van der Waals surface area contributed by atoms with Crippen molar-refractivity contribution in [2.75, 3.05) is 47.8 Å². The number of nitrogens with one attached hydrogen (secondary N) is 1. The number of nitrogens with zero attached hydrogens (tertiary/aromatic N) is 2. The smallest absolute Gasteiger partial charge is 0.0105 e. The molecule has 1 aliphatic rings. The second kappa shape index (κ2) is 9.75. The fourth-order valence-corrected chi connectivity index (χ4v) is 3.76. The minimum atomic E-state index is 0.736. The highest BCUT2D eigenvalue weighted by Crippen LogP contribution is 2.32. The molecule has 0 aromatic rings. The Morgan fingerprint density at radius 2 is 1.85 bits per heavy atom. The summed E-state index contributed by atoms with van der Waals surface area (Å²) in [6, 6.07) is 0.736. The molecule has 20 heavy (non-hydrogen) atoms. The summed E-state index contributed by atoms with van der Waals surface area (Å²) in [7, 11) is 8.76. The van der Waals surface area contributed by atoms with E-state index in [1.807, 2.05) is 0 Å². The lowest BCUT2D eigenvalue weighted by atomic mass is 9.76. The Hall–Kier alpha value is -0.120. The van der Waals surface area contributed by atoms with Gasteiger partial charge >= 0.3 is 0 Å². The van der Waals surface area contributed by atoms with Gasteiger partial charge in [0.1, 0.15) is 0 Å². The van der Waals surface area contributed by atoms with E-state index in [1.165, 1.54) is 58.2 Å². The maximum atomic E-state index is 3.56. The summed E-state index contributed by atoms with van der Waals surface area (Å²) in [6.45, 7) is 6.01. The molecular formula is C17H37N3. The first-order valence-electron chi connectivity index (χ1n) is 8.57. The molecular weight excluding hydrogens is 246 g/mol. The van der Waals surface area contributed by atoms with Crippen molar-refractivity contribution in [1.29, 1.82) is 0 Å². The van der Waals surface area contributed by atoms with Gasteiger partial charge in [0, 0.05) is 12.6 Å². The Balaban J connectivity index is 2.36. The van der Waals surface area contributed by atoms with Crippen LogP contribution in [0.5, 0.6) is 0 Å². The van der Waals surface area contributed by atoms with E-state index in [0.29, 0.717) is 0 Å². The molecule has 3 heteroatoms. The fraction of sp³-hybridized carbons (Fsp3) is 1.00. The van der Waals surface area contributed by atoms with Crippen molar-refractivity contribution in [1.82, 2.24) is 15.1 Å². The Morgan fingerprint density at radius 3 is 2.45 bits per heavy atom. The van der Waals surface area contributed by atoms with Crippen LogP contribution in [0.15, 0.2) is 0 Å². The van der Waals surface area contributed by atoms with E-state index in [1.54, 1.807) is 0 Å². The van der Waals surface area contributed by atoms with Gasteiger partial charge in [0.05, 0.1) is 0 Å². The summed E-state index contributed by atoms with van der Waals surface area (Å²) >= 11 is 0. The first-order chi connectivity index (χ1) is 9.56. The highest BCUT2D eigenvalue weighted by atomic mass is 15.1. The van der Waals surface area contributed by atoms with E-state index >= 15 is 0 Å². The zero-order valence-corrected chi connectivity index (χ0v) is 14.5. The van der Waals surface area contributed by atoms with E-state index < -0.39 is 0 Å².